The minimum absolute atomic E-state index is 0.0431. The molecule has 3 aromatic rings. The Morgan fingerprint density at radius 1 is 1.08 bits per heavy atom. The van der Waals surface area contributed by atoms with Gasteiger partial charge in [0, 0.05) is 13.1 Å². The van der Waals surface area contributed by atoms with Gasteiger partial charge in [0.1, 0.15) is 24.3 Å². The lowest BCUT2D eigenvalue weighted by Crippen LogP contribution is -2.29. The smallest absolute Gasteiger partial charge is 0.415 e. The van der Waals surface area contributed by atoms with Gasteiger partial charge in [-0.2, -0.15) is 0 Å². The minimum atomic E-state index is -0.449. The molecule has 3 N–H and O–H groups in total. The summed E-state index contributed by atoms with van der Waals surface area (Å²) in [6, 6.07) is 19.9. The minimum Gasteiger partial charge on any atom is -0.492 e. The summed E-state index contributed by atoms with van der Waals surface area (Å²) in [5.74, 6) is 1.79. The quantitative estimate of drug-likeness (QED) is 0.333. The summed E-state index contributed by atoms with van der Waals surface area (Å²) < 4.78 is 16.7. The molecule has 2 aromatic carbocycles. The van der Waals surface area contributed by atoms with E-state index >= 15 is 0 Å². The van der Waals surface area contributed by atoms with Gasteiger partial charge in [-0.25, -0.2) is 9.78 Å². The van der Waals surface area contributed by atoms with Crippen molar-refractivity contribution in [2.75, 3.05) is 50.1 Å². The Labute approximate surface area is 221 Å². The van der Waals surface area contributed by atoms with Gasteiger partial charge in [0.25, 0.3) is 5.91 Å². The first-order valence-corrected chi connectivity index (χ1v) is 12.7. The predicted molar refractivity (Wildman–Crippen MR) is 144 cm³/mol. The average molecular weight is 518 g/mol. The highest BCUT2D eigenvalue weighted by atomic mass is 16.6. The van der Waals surface area contributed by atoms with Gasteiger partial charge >= 0.3 is 6.09 Å². The van der Waals surface area contributed by atoms with E-state index in [4.69, 9.17) is 14.2 Å². The zero-order valence-corrected chi connectivity index (χ0v) is 21.2. The third-order valence-electron chi connectivity index (χ3n) is 6.30. The van der Waals surface area contributed by atoms with E-state index in [2.05, 4.69) is 57.3 Å². The van der Waals surface area contributed by atoms with Crippen LogP contribution in [0.1, 0.15) is 12.0 Å². The second kappa shape index (κ2) is 11.9. The first-order chi connectivity index (χ1) is 18.6. The molecular weight excluding hydrogens is 486 g/mol. The standard InChI is InChI=1S/C28H31N5O5/c1-29-12-13-36-22-7-3-6-21(15-22)20-5-2-4-19(14-20)16-30-11-10-23-17-33(28(35)38-23)25-9-8-24-27(31-25)32-26(34)18-37-24/h2-9,14-15,23,29-30H,10-13,16-18H2,1H3,(H,31,32,34)/t23-/m0/s1. The summed E-state index contributed by atoms with van der Waals surface area (Å²) in [6.07, 6.45) is -0.0374. The van der Waals surface area contributed by atoms with Crippen LogP contribution in [0.25, 0.3) is 11.1 Å². The zero-order valence-electron chi connectivity index (χ0n) is 21.2. The van der Waals surface area contributed by atoms with Crippen LogP contribution >= 0.6 is 0 Å². The third-order valence-corrected chi connectivity index (χ3v) is 6.30. The van der Waals surface area contributed by atoms with Gasteiger partial charge in [-0.1, -0.05) is 30.3 Å². The van der Waals surface area contributed by atoms with Crippen molar-refractivity contribution in [3.8, 4) is 22.6 Å². The number of nitrogens with one attached hydrogen (secondary N) is 3. The lowest BCUT2D eigenvalue weighted by Gasteiger charge is -2.19. The van der Waals surface area contributed by atoms with Crippen LogP contribution in [0.5, 0.6) is 11.5 Å². The molecule has 198 valence electrons. The highest BCUT2D eigenvalue weighted by Crippen LogP contribution is 2.30. The van der Waals surface area contributed by atoms with Crippen LogP contribution in [0.2, 0.25) is 0 Å². The van der Waals surface area contributed by atoms with E-state index in [0.29, 0.717) is 50.0 Å². The molecule has 1 aromatic heterocycles. The Bertz CT molecular complexity index is 1300. The fourth-order valence-corrected chi connectivity index (χ4v) is 4.36. The number of benzene rings is 2. The number of rotatable bonds is 11. The Morgan fingerprint density at radius 2 is 1.92 bits per heavy atom. The molecule has 2 aliphatic rings. The summed E-state index contributed by atoms with van der Waals surface area (Å²) >= 11 is 0. The van der Waals surface area contributed by atoms with E-state index in [1.807, 2.05) is 19.2 Å². The van der Waals surface area contributed by atoms with Crippen LogP contribution in [0.3, 0.4) is 0 Å². The van der Waals surface area contributed by atoms with Crippen molar-refractivity contribution < 1.29 is 23.8 Å². The van der Waals surface area contributed by atoms with Crippen molar-refractivity contribution in [3.63, 3.8) is 0 Å². The molecule has 0 radical (unpaired) electrons. The largest absolute Gasteiger partial charge is 0.492 e. The molecule has 0 saturated carbocycles. The van der Waals surface area contributed by atoms with Gasteiger partial charge in [0.15, 0.2) is 18.2 Å². The number of fused-ring (bicyclic) bond motifs is 1. The monoisotopic (exact) mass is 517 g/mol. The number of pyridine rings is 1. The highest BCUT2D eigenvalue weighted by Gasteiger charge is 2.33. The van der Waals surface area contributed by atoms with Gasteiger partial charge in [0.2, 0.25) is 0 Å². The molecule has 1 atom stereocenters. The number of amides is 2. The maximum absolute atomic E-state index is 12.5. The van der Waals surface area contributed by atoms with Gasteiger partial charge in [-0.15, -0.1) is 0 Å². The lowest BCUT2D eigenvalue weighted by molar-refractivity contribution is -0.118. The normalized spacial score (nSPS) is 16.4. The maximum atomic E-state index is 12.5. The van der Waals surface area contributed by atoms with Crippen molar-refractivity contribution in [1.82, 2.24) is 15.6 Å². The molecule has 2 amide bonds. The van der Waals surface area contributed by atoms with Gasteiger partial charge in [-0.3, -0.25) is 9.69 Å². The molecule has 0 aliphatic carbocycles. The molecular formula is C28H31N5O5. The van der Waals surface area contributed by atoms with Crippen molar-refractivity contribution in [2.24, 2.45) is 0 Å². The van der Waals surface area contributed by atoms with Crippen molar-refractivity contribution in [1.29, 1.82) is 0 Å². The van der Waals surface area contributed by atoms with E-state index in [1.54, 1.807) is 12.1 Å². The number of hydrogen-bond acceptors (Lipinski definition) is 8. The van der Waals surface area contributed by atoms with Crippen LogP contribution in [-0.2, 0) is 16.1 Å². The molecule has 10 nitrogen and oxygen atoms in total. The number of hydrogen-bond donors (Lipinski definition) is 3. The maximum Gasteiger partial charge on any atom is 0.415 e. The molecule has 38 heavy (non-hydrogen) atoms. The summed E-state index contributed by atoms with van der Waals surface area (Å²) in [4.78, 5) is 29.9. The first-order valence-electron chi connectivity index (χ1n) is 12.7. The van der Waals surface area contributed by atoms with Crippen LogP contribution in [0, 0.1) is 0 Å². The summed E-state index contributed by atoms with van der Waals surface area (Å²) in [7, 11) is 1.90. The molecule has 3 heterocycles. The fraction of sp³-hybridized carbons (Fsp3) is 0.321. The topological polar surface area (TPSA) is 114 Å². The second-order valence-electron chi connectivity index (χ2n) is 9.12. The van der Waals surface area contributed by atoms with E-state index in [-0.39, 0.29) is 18.6 Å². The average Bonchev–Trinajstić information content (AvgIpc) is 3.31. The number of ether oxygens (including phenoxy) is 3. The lowest BCUT2D eigenvalue weighted by atomic mass is 10.0. The third kappa shape index (κ3) is 6.21. The highest BCUT2D eigenvalue weighted by molar-refractivity contribution is 5.95. The van der Waals surface area contributed by atoms with Crippen LogP contribution in [0.15, 0.2) is 60.7 Å². The van der Waals surface area contributed by atoms with E-state index < -0.39 is 6.09 Å². The van der Waals surface area contributed by atoms with Gasteiger partial charge in [0.05, 0.1) is 6.54 Å². The molecule has 0 spiro atoms. The summed E-state index contributed by atoms with van der Waals surface area (Å²) in [5, 5.41) is 9.19. The molecule has 1 saturated heterocycles. The molecule has 2 aliphatic heterocycles. The number of likely N-dealkylation sites (N-methyl/N-ethyl adjacent to an activating group) is 1. The predicted octanol–water partition coefficient (Wildman–Crippen LogP) is 3.18. The van der Waals surface area contributed by atoms with Crippen LogP contribution in [0.4, 0.5) is 16.4 Å². The van der Waals surface area contributed by atoms with E-state index in [0.717, 1.165) is 29.0 Å². The van der Waals surface area contributed by atoms with Crippen LogP contribution < -0.4 is 30.3 Å². The molecule has 5 rings (SSSR count). The van der Waals surface area contributed by atoms with E-state index in [9.17, 15) is 9.59 Å². The Kier molecular flexibility index (Phi) is 8.01. The number of nitrogens with zero attached hydrogens (tertiary/aromatic N) is 2. The van der Waals surface area contributed by atoms with Crippen LogP contribution in [-0.4, -0.2) is 63.0 Å². The number of cyclic esters (lactones) is 1. The fourth-order valence-electron chi connectivity index (χ4n) is 4.36. The number of carbonyl (C=O) groups excluding carboxylic acids is 2. The Hall–Kier alpha value is -4.15. The number of aromatic nitrogens is 1. The molecule has 10 heteroatoms. The summed E-state index contributed by atoms with van der Waals surface area (Å²) in [6.45, 7) is 3.15. The van der Waals surface area contributed by atoms with Crippen molar-refractivity contribution in [3.05, 3.63) is 66.2 Å². The first kappa shape index (κ1) is 25.5. The molecule has 1 fully saturated rings. The Morgan fingerprint density at radius 3 is 2.79 bits per heavy atom. The number of carbonyl (C=O) groups is 2. The molecule has 0 unspecified atom stereocenters. The van der Waals surface area contributed by atoms with Gasteiger partial charge in [-0.05, 0) is 67.0 Å². The van der Waals surface area contributed by atoms with Crippen molar-refractivity contribution in [2.45, 2.75) is 19.1 Å². The zero-order chi connectivity index (χ0) is 26.3. The second-order valence-corrected chi connectivity index (χ2v) is 9.12. The van der Waals surface area contributed by atoms with Crippen molar-refractivity contribution >= 4 is 23.6 Å². The van der Waals surface area contributed by atoms with Gasteiger partial charge < -0.3 is 30.2 Å². The van der Waals surface area contributed by atoms with E-state index in [1.165, 1.54) is 4.90 Å². The SMILES string of the molecule is CNCCOc1cccc(-c2cccc(CNCC[C@H]3CN(c4ccc5c(n4)NC(=O)CO5)C(=O)O3)c2)c1. The number of anilines is 2. The Balaban J connectivity index is 1.11. The summed E-state index contributed by atoms with van der Waals surface area (Å²) in [5.41, 5.74) is 3.40. The molecule has 0 bridgehead atoms.